The smallest absolute Gasteiger partial charge is 0.311 e. The molecule has 0 N–H and O–H groups in total. The van der Waals surface area contributed by atoms with Crippen molar-refractivity contribution in [2.45, 2.75) is 98.4 Å². The largest absolute Gasteiger partial charge is 0.465 e. The minimum Gasteiger partial charge on any atom is -0.465 e. The fourth-order valence-corrected chi connectivity index (χ4v) is 3.31. The molecule has 26 heavy (non-hydrogen) atoms. The molecule has 148 valence electrons. The zero-order valence-electron chi connectivity index (χ0n) is 17.7. The van der Waals surface area contributed by atoms with Crippen LogP contribution in [0.5, 0.6) is 0 Å². The molecule has 1 atom stereocenters. The third-order valence-electron chi connectivity index (χ3n) is 5.19. The van der Waals surface area contributed by atoms with Crippen LogP contribution in [0.25, 0.3) is 0 Å². The highest BCUT2D eigenvalue weighted by Crippen LogP contribution is 2.34. The van der Waals surface area contributed by atoms with E-state index in [9.17, 15) is 4.79 Å². The maximum atomic E-state index is 12.4. The first-order chi connectivity index (χ1) is 12.4. The van der Waals surface area contributed by atoms with Gasteiger partial charge in [-0.3, -0.25) is 4.79 Å². The minimum atomic E-state index is -0.444. The van der Waals surface area contributed by atoms with Gasteiger partial charge in [-0.25, -0.2) is 4.57 Å². The topological polar surface area (TPSA) is 30.2 Å². The van der Waals surface area contributed by atoms with Gasteiger partial charge in [0.2, 0.25) is 0 Å². The van der Waals surface area contributed by atoms with Gasteiger partial charge < -0.3 is 4.74 Å². The lowest BCUT2D eigenvalue weighted by molar-refractivity contribution is -0.697. The number of nitrogens with zero attached hydrogens (tertiary/aromatic N) is 1. The van der Waals surface area contributed by atoms with Gasteiger partial charge >= 0.3 is 5.97 Å². The van der Waals surface area contributed by atoms with E-state index in [1.54, 1.807) is 0 Å². The Bertz CT molecular complexity index is 507. The third-order valence-corrected chi connectivity index (χ3v) is 5.19. The summed E-state index contributed by atoms with van der Waals surface area (Å²) in [6.45, 7) is 12.2. The first kappa shape index (κ1) is 22.7. The summed E-state index contributed by atoms with van der Waals surface area (Å²) in [5.74, 6) is 0.324. The number of aromatic nitrogens is 1. The molecule has 0 aliphatic carbocycles. The lowest BCUT2D eigenvalue weighted by Crippen LogP contribution is -2.33. The third kappa shape index (κ3) is 7.88. The summed E-state index contributed by atoms with van der Waals surface area (Å²) in [6.07, 6.45) is 13.4. The summed E-state index contributed by atoms with van der Waals surface area (Å²) < 4.78 is 7.74. The molecule has 0 fully saturated rings. The van der Waals surface area contributed by atoms with Crippen LogP contribution in [0.3, 0.4) is 0 Å². The molecule has 0 radical (unpaired) electrons. The van der Waals surface area contributed by atoms with Crippen LogP contribution in [0.1, 0.15) is 97.5 Å². The fourth-order valence-electron chi connectivity index (χ4n) is 3.31. The highest BCUT2D eigenvalue weighted by Gasteiger charge is 2.32. The summed E-state index contributed by atoms with van der Waals surface area (Å²) in [5.41, 5.74) is 0.882. The molecule has 1 rings (SSSR count). The van der Waals surface area contributed by atoms with Gasteiger partial charge in [-0.1, -0.05) is 40.0 Å². The van der Waals surface area contributed by atoms with E-state index in [1.165, 1.54) is 31.2 Å². The van der Waals surface area contributed by atoms with E-state index < -0.39 is 5.41 Å². The van der Waals surface area contributed by atoms with E-state index in [1.807, 2.05) is 13.8 Å². The number of esters is 1. The molecule has 0 bridgehead atoms. The van der Waals surface area contributed by atoms with Gasteiger partial charge in [0.1, 0.15) is 6.54 Å². The van der Waals surface area contributed by atoms with Crippen molar-refractivity contribution in [1.29, 1.82) is 0 Å². The van der Waals surface area contributed by atoms with Crippen LogP contribution < -0.4 is 4.57 Å². The van der Waals surface area contributed by atoms with Crippen molar-refractivity contribution in [2.75, 3.05) is 6.61 Å². The first-order valence-corrected chi connectivity index (χ1v) is 10.6. The van der Waals surface area contributed by atoms with Crippen molar-refractivity contribution >= 4 is 5.97 Å². The Morgan fingerprint density at radius 2 is 1.69 bits per heavy atom. The summed E-state index contributed by atoms with van der Waals surface area (Å²) in [6, 6.07) is 4.46. The highest BCUT2D eigenvalue weighted by molar-refractivity contribution is 5.76. The van der Waals surface area contributed by atoms with E-state index in [-0.39, 0.29) is 5.97 Å². The number of pyridine rings is 1. The standard InChI is InChI=1S/C23H40NO2/c1-6-9-11-12-15-24-16-13-21(14-17-24)20(8-3)19-23(4,5)22(25)26-18-10-7-2/h13-14,16-17,20H,6-12,15,18-19H2,1-5H3/q+1. The summed E-state index contributed by atoms with van der Waals surface area (Å²) in [4.78, 5) is 12.4. The molecule has 1 aromatic rings. The van der Waals surface area contributed by atoms with Crippen molar-refractivity contribution in [3.63, 3.8) is 0 Å². The Morgan fingerprint density at radius 1 is 1.04 bits per heavy atom. The predicted octanol–water partition coefficient (Wildman–Crippen LogP) is 5.81. The summed E-state index contributed by atoms with van der Waals surface area (Å²) >= 11 is 0. The zero-order valence-corrected chi connectivity index (χ0v) is 17.7. The number of hydrogen-bond donors (Lipinski definition) is 0. The molecule has 0 aliphatic rings. The number of carbonyl (C=O) groups excluding carboxylic acids is 1. The summed E-state index contributed by atoms with van der Waals surface area (Å²) in [5, 5.41) is 0. The van der Waals surface area contributed by atoms with Crippen molar-refractivity contribution < 1.29 is 14.1 Å². The van der Waals surface area contributed by atoms with Crippen LogP contribution in [0.15, 0.2) is 24.5 Å². The molecule has 1 unspecified atom stereocenters. The lowest BCUT2D eigenvalue weighted by atomic mass is 9.79. The Hall–Kier alpha value is -1.38. The van der Waals surface area contributed by atoms with Gasteiger partial charge in [0.15, 0.2) is 12.4 Å². The maximum absolute atomic E-state index is 12.4. The van der Waals surface area contributed by atoms with Crippen LogP contribution in [0, 0.1) is 5.41 Å². The second kappa shape index (κ2) is 12.1. The Balaban J connectivity index is 2.62. The number of carbonyl (C=O) groups is 1. The van der Waals surface area contributed by atoms with Gasteiger partial charge in [-0.05, 0) is 51.0 Å². The average molecular weight is 363 g/mol. The zero-order chi connectivity index (χ0) is 19.4. The predicted molar refractivity (Wildman–Crippen MR) is 108 cm³/mol. The second-order valence-electron chi connectivity index (χ2n) is 8.11. The number of rotatable bonds is 13. The average Bonchev–Trinajstić information content (AvgIpc) is 2.64. The van der Waals surface area contributed by atoms with Crippen LogP contribution in [0.2, 0.25) is 0 Å². The van der Waals surface area contributed by atoms with Crippen molar-refractivity contribution in [3.05, 3.63) is 30.1 Å². The maximum Gasteiger partial charge on any atom is 0.311 e. The van der Waals surface area contributed by atoms with Gasteiger partial charge in [0.05, 0.1) is 12.0 Å². The molecule has 0 aromatic carbocycles. The number of aryl methyl sites for hydroxylation is 1. The van der Waals surface area contributed by atoms with Crippen LogP contribution in [0.4, 0.5) is 0 Å². The molecule has 0 saturated heterocycles. The summed E-state index contributed by atoms with van der Waals surface area (Å²) in [7, 11) is 0. The second-order valence-corrected chi connectivity index (χ2v) is 8.11. The van der Waals surface area contributed by atoms with Crippen LogP contribution >= 0.6 is 0 Å². The number of hydrogen-bond acceptors (Lipinski definition) is 2. The Morgan fingerprint density at radius 3 is 2.27 bits per heavy atom. The van der Waals surface area contributed by atoms with Crippen molar-refractivity contribution in [2.24, 2.45) is 5.41 Å². The molecule has 3 nitrogen and oxygen atoms in total. The highest BCUT2D eigenvalue weighted by atomic mass is 16.5. The van der Waals surface area contributed by atoms with Crippen molar-refractivity contribution in [3.8, 4) is 0 Å². The molecule has 1 aromatic heterocycles. The fraction of sp³-hybridized carbons (Fsp3) is 0.739. The van der Waals surface area contributed by atoms with Crippen LogP contribution in [-0.4, -0.2) is 12.6 Å². The number of ether oxygens (including phenoxy) is 1. The minimum absolute atomic E-state index is 0.0636. The number of unbranched alkanes of at least 4 members (excludes halogenated alkanes) is 4. The van der Waals surface area contributed by atoms with Gasteiger partial charge in [-0.2, -0.15) is 0 Å². The normalized spacial score (nSPS) is 12.8. The van der Waals surface area contributed by atoms with E-state index in [0.717, 1.165) is 32.2 Å². The molecule has 0 amide bonds. The molecular formula is C23H40NO2+. The van der Waals surface area contributed by atoms with Gasteiger partial charge in [-0.15, -0.1) is 0 Å². The van der Waals surface area contributed by atoms with E-state index in [0.29, 0.717) is 12.5 Å². The lowest BCUT2D eigenvalue weighted by Gasteiger charge is -2.27. The molecular weight excluding hydrogens is 322 g/mol. The van der Waals surface area contributed by atoms with Crippen molar-refractivity contribution in [1.82, 2.24) is 0 Å². The Kier molecular flexibility index (Phi) is 10.5. The Labute approximate surface area is 161 Å². The van der Waals surface area contributed by atoms with E-state index in [4.69, 9.17) is 4.74 Å². The molecule has 3 heteroatoms. The van der Waals surface area contributed by atoms with Gasteiger partial charge in [0.25, 0.3) is 0 Å². The van der Waals surface area contributed by atoms with Gasteiger partial charge in [0, 0.05) is 18.6 Å². The molecule has 0 spiro atoms. The monoisotopic (exact) mass is 362 g/mol. The quantitative estimate of drug-likeness (QED) is 0.252. The molecule has 0 aliphatic heterocycles. The first-order valence-electron chi connectivity index (χ1n) is 10.6. The van der Waals surface area contributed by atoms with E-state index in [2.05, 4.69) is 49.9 Å². The SMILES string of the molecule is CCCCCC[n+]1ccc(C(CC)CC(C)(C)C(=O)OCCCC)cc1. The van der Waals surface area contributed by atoms with Crippen LogP contribution in [-0.2, 0) is 16.1 Å². The molecule has 0 saturated carbocycles. The van der Waals surface area contributed by atoms with E-state index >= 15 is 0 Å². The molecule has 1 heterocycles.